The van der Waals surface area contributed by atoms with Crippen molar-refractivity contribution in [1.82, 2.24) is 4.90 Å². The molecule has 0 radical (unpaired) electrons. The predicted molar refractivity (Wildman–Crippen MR) is 69.8 cm³/mol. The van der Waals surface area contributed by atoms with Crippen LogP contribution in [0.5, 0.6) is 0 Å². The number of hydrogen-bond donors (Lipinski definition) is 0. The van der Waals surface area contributed by atoms with Gasteiger partial charge in [-0.2, -0.15) is 31.2 Å². The van der Waals surface area contributed by atoms with Gasteiger partial charge in [-0.1, -0.05) is 5.18 Å². The minimum Gasteiger partial charge on any atom is -0.353 e. The average Bonchev–Trinajstić information content (AvgIpc) is 2.84. The molecule has 1 aromatic rings. The molecule has 1 aliphatic rings. The maximum absolute atomic E-state index is 12.8. The summed E-state index contributed by atoms with van der Waals surface area (Å²) >= 11 is 0. The zero-order valence-electron chi connectivity index (χ0n) is 11.6. The Kier molecular flexibility index (Phi) is 4.62. The van der Waals surface area contributed by atoms with E-state index in [-0.39, 0.29) is 30.6 Å². The van der Waals surface area contributed by atoms with Crippen molar-refractivity contribution in [3.05, 3.63) is 39.8 Å². The van der Waals surface area contributed by atoms with Crippen molar-refractivity contribution in [3.8, 4) is 0 Å². The molecule has 0 amide bonds. The Morgan fingerprint density at radius 2 is 1.61 bits per heavy atom. The third-order valence-electron chi connectivity index (χ3n) is 3.26. The van der Waals surface area contributed by atoms with E-state index in [0.717, 1.165) is 0 Å². The number of nitrogens with zero attached hydrogens (tertiary/aromatic N) is 3. The standard InChI is InChI=1S/C13H11F6N3O/c14-12(15,16)9-3-8(4-10(5-9)13(17,18)19)7-22-2-1-20-11(22)6-21-23/h3-5H,1-2,6-7H2. The number of nitroso groups, excluding NO2 is 1. The topological polar surface area (TPSA) is 45.0 Å². The molecular weight excluding hydrogens is 328 g/mol. The number of rotatable bonds is 4. The molecule has 0 aromatic heterocycles. The maximum Gasteiger partial charge on any atom is 0.416 e. The van der Waals surface area contributed by atoms with Crippen LogP contribution in [-0.2, 0) is 18.9 Å². The molecular formula is C13H11F6N3O. The van der Waals surface area contributed by atoms with Gasteiger partial charge in [-0.25, -0.2) is 0 Å². The second-order valence-electron chi connectivity index (χ2n) is 4.92. The molecule has 0 N–H and O–H groups in total. The van der Waals surface area contributed by atoms with Crippen LogP contribution < -0.4 is 0 Å². The van der Waals surface area contributed by atoms with Crippen LogP contribution in [0.1, 0.15) is 16.7 Å². The van der Waals surface area contributed by atoms with Crippen molar-refractivity contribution in [1.29, 1.82) is 0 Å². The van der Waals surface area contributed by atoms with E-state index in [1.54, 1.807) is 0 Å². The van der Waals surface area contributed by atoms with E-state index in [2.05, 4.69) is 10.2 Å². The molecule has 4 nitrogen and oxygen atoms in total. The summed E-state index contributed by atoms with van der Waals surface area (Å²) in [6.45, 7) is 0.144. The van der Waals surface area contributed by atoms with E-state index in [4.69, 9.17) is 0 Å². The van der Waals surface area contributed by atoms with Gasteiger partial charge < -0.3 is 4.90 Å². The molecule has 23 heavy (non-hydrogen) atoms. The van der Waals surface area contributed by atoms with Crippen molar-refractivity contribution >= 4 is 5.84 Å². The SMILES string of the molecule is O=NCC1=NCCN1Cc1cc(C(F)(F)F)cc(C(F)(F)F)c1. The molecule has 1 heterocycles. The Labute approximate surface area is 126 Å². The Bertz CT molecular complexity index is 591. The highest BCUT2D eigenvalue weighted by Gasteiger charge is 2.37. The minimum absolute atomic E-state index is 0.0788. The first-order valence-corrected chi connectivity index (χ1v) is 6.47. The van der Waals surface area contributed by atoms with E-state index in [0.29, 0.717) is 25.2 Å². The second-order valence-corrected chi connectivity index (χ2v) is 4.92. The fraction of sp³-hybridized carbons (Fsp3) is 0.462. The molecule has 0 unspecified atom stereocenters. The third-order valence-corrected chi connectivity index (χ3v) is 3.26. The van der Waals surface area contributed by atoms with Crippen molar-refractivity contribution in [2.24, 2.45) is 10.2 Å². The first kappa shape index (κ1) is 17.2. The minimum atomic E-state index is -4.89. The van der Waals surface area contributed by atoms with E-state index in [9.17, 15) is 31.2 Å². The third kappa shape index (κ3) is 4.20. The van der Waals surface area contributed by atoms with Crippen molar-refractivity contribution in [3.63, 3.8) is 0 Å². The van der Waals surface area contributed by atoms with Crippen LogP contribution in [0, 0.1) is 4.91 Å². The fourth-order valence-corrected chi connectivity index (χ4v) is 2.24. The van der Waals surface area contributed by atoms with E-state index in [1.807, 2.05) is 0 Å². The molecule has 10 heteroatoms. The van der Waals surface area contributed by atoms with Gasteiger partial charge >= 0.3 is 12.4 Å². The van der Waals surface area contributed by atoms with Gasteiger partial charge in [0, 0.05) is 13.1 Å². The number of aliphatic imine (C=N–C) groups is 1. The molecule has 1 aliphatic heterocycles. The number of amidine groups is 1. The molecule has 0 spiro atoms. The van der Waals surface area contributed by atoms with Gasteiger partial charge in [0.15, 0.2) is 0 Å². The first-order valence-electron chi connectivity index (χ1n) is 6.47. The summed E-state index contributed by atoms with van der Waals surface area (Å²) in [5.74, 6) is 0.256. The highest BCUT2D eigenvalue weighted by molar-refractivity contribution is 5.85. The summed E-state index contributed by atoms with van der Waals surface area (Å²) in [6, 6.07) is 1.41. The molecule has 126 valence electrons. The number of hydrogen-bond acceptors (Lipinski definition) is 4. The number of alkyl halides is 6. The molecule has 0 saturated carbocycles. The Balaban J connectivity index is 2.34. The van der Waals surface area contributed by atoms with Crippen LogP contribution in [-0.4, -0.2) is 30.4 Å². The summed E-state index contributed by atoms with van der Waals surface area (Å²) in [5, 5.41) is 2.64. The molecule has 0 atom stereocenters. The van der Waals surface area contributed by atoms with Crippen molar-refractivity contribution in [2.75, 3.05) is 19.6 Å². The van der Waals surface area contributed by atoms with Crippen LogP contribution >= 0.6 is 0 Å². The van der Waals surface area contributed by atoms with Gasteiger partial charge in [0.1, 0.15) is 12.4 Å². The van der Waals surface area contributed by atoms with Crippen molar-refractivity contribution < 1.29 is 26.3 Å². The zero-order chi connectivity index (χ0) is 17.3. The highest BCUT2D eigenvalue weighted by atomic mass is 19.4. The van der Waals surface area contributed by atoms with Crippen LogP contribution in [0.3, 0.4) is 0 Å². The maximum atomic E-state index is 12.8. The van der Waals surface area contributed by atoms with Crippen LogP contribution in [0.25, 0.3) is 0 Å². The van der Waals surface area contributed by atoms with Crippen LogP contribution in [0.15, 0.2) is 28.4 Å². The van der Waals surface area contributed by atoms with Gasteiger partial charge in [0.2, 0.25) is 0 Å². The predicted octanol–water partition coefficient (Wildman–Crippen LogP) is 3.70. The lowest BCUT2D eigenvalue weighted by atomic mass is 10.0. The summed E-state index contributed by atoms with van der Waals surface area (Å²) in [4.78, 5) is 15.7. The summed E-state index contributed by atoms with van der Waals surface area (Å²) < 4.78 is 76.7. The quantitative estimate of drug-likeness (QED) is 0.620. The Hall–Kier alpha value is -2.13. The molecule has 0 aliphatic carbocycles. The first-order chi connectivity index (χ1) is 10.6. The lowest BCUT2D eigenvalue weighted by molar-refractivity contribution is -0.143. The molecule has 0 bridgehead atoms. The van der Waals surface area contributed by atoms with Crippen LogP contribution in [0.2, 0.25) is 0 Å². The van der Waals surface area contributed by atoms with Gasteiger partial charge in [0.25, 0.3) is 0 Å². The molecule has 2 rings (SSSR count). The monoisotopic (exact) mass is 339 g/mol. The van der Waals surface area contributed by atoms with Gasteiger partial charge in [-0.15, -0.1) is 0 Å². The highest BCUT2D eigenvalue weighted by Crippen LogP contribution is 2.36. The zero-order valence-corrected chi connectivity index (χ0v) is 11.6. The molecule has 0 saturated heterocycles. The molecule has 1 aromatic carbocycles. The van der Waals surface area contributed by atoms with E-state index < -0.39 is 23.5 Å². The smallest absolute Gasteiger partial charge is 0.353 e. The Morgan fingerprint density at radius 1 is 1.04 bits per heavy atom. The van der Waals surface area contributed by atoms with Crippen LogP contribution in [0.4, 0.5) is 26.3 Å². The lowest BCUT2D eigenvalue weighted by Crippen LogP contribution is -2.29. The normalized spacial score (nSPS) is 15.7. The largest absolute Gasteiger partial charge is 0.416 e. The van der Waals surface area contributed by atoms with Crippen molar-refractivity contribution in [2.45, 2.75) is 18.9 Å². The van der Waals surface area contributed by atoms with E-state index >= 15 is 0 Å². The second kappa shape index (κ2) is 6.17. The fourth-order valence-electron chi connectivity index (χ4n) is 2.24. The number of halogens is 6. The molecule has 0 fully saturated rings. The van der Waals surface area contributed by atoms with Gasteiger partial charge in [-0.05, 0) is 23.8 Å². The summed E-state index contributed by atoms with van der Waals surface area (Å²) in [5.41, 5.74) is -2.89. The van der Waals surface area contributed by atoms with E-state index in [1.165, 1.54) is 4.90 Å². The van der Waals surface area contributed by atoms with Gasteiger partial charge in [0.05, 0.1) is 17.7 Å². The summed E-state index contributed by atoms with van der Waals surface area (Å²) in [7, 11) is 0. The van der Waals surface area contributed by atoms with Gasteiger partial charge in [-0.3, -0.25) is 4.99 Å². The number of benzene rings is 1. The Morgan fingerprint density at radius 3 is 2.09 bits per heavy atom. The lowest BCUT2D eigenvalue weighted by Gasteiger charge is -2.21. The average molecular weight is 339 g/mol. The summed E-state index contributed by atoms with van der Waals surface area (Å²) in [6.07, 6.45) is -9.77.